The summed E-state index contributed by atoms with van der Waals surface area (Å²) in [4.78, 5) is 2.61. The monoisotopic (exact) mass is 279 g/mol. The van der Waals surface area contributed by atoms with Crippen molar-refractivity contribution in [3.63, 3.8) is 0 Å². The van der Waals surface area contributed by atoms with Crippen LogP contribution < -0.4 is 0 Å². The van der Waals surface area contributed by atoms with Crippen LogP contribution in [0.4, 0.5) is 0 Å². The normalized spacial score (nSPS) is 19.1. The molecule has 0 spiro atoms. The van der Waals surface area contributed by atoms with E-state index in [1.807, 2.05) is 0 Å². The molecule has 2 aromatic carbocycles. The van der Waals surface area contributed by atoms with Gasteiger partial charge in [0.15, 0.2) is 0 Å². The SMILES string of the molecule is Cc1cc(C)c(CN2CC[C@H](c3ccccc3)C2)c(C)c1. The van der Waals surface area contributed by atoms with Crippen LogP contribution in [0.15, 0.2) is 42.5 Å². The summed E-state index contributed by atoms with van der Waals surface area (Å²) in [6, 6.07) is 15.6. The maximum absolute atomic E-state index is 2.61. The molecule has 0 amide bonds. The molecule has 0 bridgehead atoms. The van der Waals surface area contributed by atoms with Crippen molar-refractivity contribution >= 4 is 0 Å². The number of rotatable bonds is 3. The third-order valence-electron chi connectivity index (χ3n) is 4.77. The van der Waals surface area contributed by atoms with Crippen LogP contribution >= 0.6 is 0 Å². The molecule has 0 aromatic heterocycles. The molecule has 0 unspecified atom stereocenters. The number of nitrogens with zero attached hydrogens (tertiary/aromatic N) is 1. The Morgan fingerprint density at radius 1 is 1.00 bits per heavy atom. The number of hydrogen-bond donors (Lipinski definition) is 0. The summed E-state index contributed by atoms with van der Waals surface area (Å²) in [5, 5.41) is 0. The van der Waals surface area contributed by atoms with Gasteiger partial charge in [-0.15, -0.1) is 0 Å². The Bertz CT molecular complexity index is 592. The van der Waals surface area contributed by atoms with Crippen molar-refractivity contribution in [2.75, 3.05) is 13.1 Å². The molecule has 1 heteroatoms. The molecule has 1 atom stereocenters. The zero-order chi connectivity index (χ0) is 14.8. The van der Waals surface area contributed by atoms with Crippen molar-refractivity contribution in [2.24, 2.45) is 0 Å². The summed E-state index contributed by atoms with van der Waals surface area (Å²) < 4.78 is 0. The summed E-state index contributed by atoms with van der Waals surface area (Å²) in [7, 11) is 0. The van der Waals surface area contributed by atoms with Crippen LogP contribution in [0.5, 0.6) is 0 Å². The highest BCUT2D eigenvalue weighted by molar-refractivity contribution is 5.37. The highest BCUT2D eigenvalue weighted by atomic mass is 15.1. The molecule has 0 aliphatic carbocycles. The van der Waals surface area contributed by atoms with E-state index in [2.05, 4.69) is 68.1 Å². The average molecular weight is 279 g/mol. The van der Waals surface area contributed by atoms with Crippen LogP contribution in [0.3, 0.4) is 0 Å². The van der Waals surface area contributed by atoms with Gasteiger partial charge in [-0.3, -0.25) is 4.90 Å². The molecule has 1 fully saturated rings. The van der Waals surface area contributed by atoms with E-state index in [1.54, 1.807) is 0 Å². The first-order chi connectivity index (χ1) is 10.1. The van der Waals surface area contributed by atoms with Gasteiger partial charge in [0, 0.05) is 13.1 Å². The maximum atomic E-state index is 2.61. The lowest BCUT2D eigenvalue weighted by molar-refractivity contribution is 0.325. The lowest BCUT2D eigenvalue weighted by Crippen LogP contribution is -2.21. The van der Waals surface area contributed by atoms with Crippen molar-refractivity contribution in [3.05, 3.63) is 70.3 Å². The van der Waals surface area contributed by atoms with Crippen LogP contribution in [0.1, 0.15) is 40.2 Å². The highest BCUT2D eigenvalue weighted by Crippen LogP contribution is 2.29. The molecule has 110 valence electrons. The van der Waals surface area contributed by atoms with E-state index in [0.717, 1.165) is 6.54 Å². The number of hydrogen-bond acceptors (Lipinski definition) is 1. The third kappa shape index (κ3) is 3.19. The van der Waals surface area contributed by atoms with E-state index in [-0.39, 0.29) is 0 Å². The Hall–Kier alpha value is -1.60. The standard InChI is InChI=1S/C20H25N/c1-15-11-16(2)20(17(3)12-15)14-21-10-9-19(13-21)18-7-5-4-6-8-18/h4-8,11-12,19H,9-10,13-14H2,1-3H3/t19-/m0/s1. The average Bonchev–Trinajstić information content (AvgIpc) is 2.92. The van der Waals surface area contributed by atoms with Gasteiger partial charge < -0.3 is 0 Å². The number of aryl methyl sites for hydroxylation is 3. The fourth-order valence-electron chi connectivity index (χ4n) is 3.66. The molecule has 1 nitrogen and oxygen atoms in total. The molecule has 1 saturated heterocycles. The van der Waals surface area contributed by atoms with Gasteiger partial charge in [0.2, 0.25) is 0 Å². The van der Waals surface area contributed by atoms with E-state index in [4.69, 9.17) is 0 Å². The fraction of sp³-hybridized carbons (Fsp3) is 0.400. The summed E-state index contributed by atoms with van der Waals surface area (Å²) in [5.41, 5.74) is 7.27. The molecule has 3 rings (SSSR count). The summed E-state index contributed by atoms with van der Waals surface area (Å²) >= 11 is 0. The second kappa shape index (κ2) is 6.03. The first kappa shape index (κ1) is 14.3. The molecule has 1 heterocycles. The van der Waals surface area contributed by atoms with E-state index < -0.39 is 0 Å². The van der Waals surface area contributed by atoms with Crippen molar-refractivity contribution in [1.29, 1.82) is 0 Å². The van der Waals surface area contributed by atoms with E-state index in [1.165, 1.54) is 47.3 Å². The first-order valence-corrected chi connectivity index (χ1v) is 7.97. The van der Waals surface area contributed by atoms with Gasteiger partial charge in [0.25, 0.3) is 0 Å². The second-order valence-corrected chi connectivity index (χ2v) is 6.51. The zero-order valence-electron chi connectivity index (χ0n) is 13.4. The van der Waals surface area contributed by atoms with Crippen LogP contribution in [0, 0.1) is 20.8 Å². The van der Waals surface area contributed by atoms with Gasteiger partial charge in [0.05, 0.1) is 0 Å². The van der Waals surface area contributed by atoms with Crippen molar-refractivity contribution in [2.45, 2.75) is 39.7 Å². The predicted octanol–water partition coefficient (Wildman–Crippen LogP) is 4.60. The van der Waals surface area contributed by atoms with Crippen LogP contribution in [0.25, 0.3) is 0 Å². The lowest BCUT2D eigenvalue weighted by Gasteiger charge is -2.20. The first-order valence-electron chi connectivity index (χ1n) is 7.97. The van der Waals surface area contributed by atoms with Gasteiger partial charge in [-0.1, -0.05) is 48.0 Å². The smallest absolute Gasteiger partial charge is 0.0239 e. The van der Waals surface area contributed by atoms with E-state index >= 15 is 0 Å². The van der Waals surface area contributed by atoms with Crippen LogP contribution in [0.2, 0.25) is 0 Å². The van der Waals surface area contributed by atoms with E-state index in [9.17, 15) is 0 Å². The Morgan fingerprint density at radius 2 is 1.67 bits per heavy atom. The van der Waals surface area contributed by atoms with Gasteiger partial charge in [-0.05, 0) is 61.9 Å². The molecule has 21 heavy (non-hydrogen) atoms. The highest BCUT2D eigenvalue weighted by Gasteiger charge is 2.24. The zero-order valence-corrected chi connectivity index (χ0v) is 13.4. The molecular formula is C20H25N. The minimum Gasteiger partial charge on any atom is -0.298 e. The van der Waals surface area contributed by atoms with E-state index in [0.29, 0.717) is 5.92 Å². The lowest BCUT2D eigenvalue weighted by atomic mass is 9.98. The predicted molar refractivity (Wildman–Crippen MR) is 89.7 cm³/mol. The Morgan fingerprint density at radius 3 is 2.33 bits per heavy atom. The van der Waals surface area contributed by atoms with Crippen molar-refractivity contribution in [3.8, 4) is 0 Å². The van der Waals surface area contributed by atoms with Gasteiger partial charge in [-0.2, -0.15) is 0 Å². The quantitative estimate of drug-likeness (QED) is 0.793. The molecule has 1 aliphatic rings. The summed E-state index contributed by atoms with van der Waals surface area (Å²) in [6.07, 6.45) is 1.29. The Kier molecular flexibility index (Phi) is 4.12. The minimum absolute atomic E-state index is 0.706. The van der Waals surface area contributed by atoms with Crippen LogP contribution in [-0.4, -0.2) is 18.0 Å². The van der Waals surface area contributed by atoms with Crippen molar-refractivity contribution in [1.82, 2.24) is 4.90 Å². The maximum Gasteiger partial charge on any atom is 0.0239 e. The second-order valence-electron chi connectivity index (χ2n) is 6.51. The number of likely N-dealkylation sites (tertiary alicyclic amines) is 1. The minimum atomic E-state index is 0.706. The third-order valence-corrected chi connectivity index (χ3v) is 4.77. The van der Waals surface area contributed by atoms with Crippen molar-refractivity contribution < 1.29 is 0 Å². The molecule has 2 aromatic rings. The van der Waals surface area contributed by atoms with Gasteiger partial charge in [0.1, 0.15) is 0 Å². The molecule has 0 saturated carbocycles. The molecule has 0 radical (unpaired) electrons. The number of benzene rings is 2. The molecular weight excluding hydrogens is 254 g/mol. The van der Waals surface area contributed by atoms with Gasteiger partial charge in [-0.25, -0.2) is 0 Å². The summed E-state index contributed by atoms with van der Waals surface area (Å²) in [5.74, 6) is 0.706. The molecule has 0 N–H and O–H groups in total. The topological polar surface area (TPSA) is 3.24 Å². The van der Waals surface area contributed by atoms with Gasteiger partial charge >= 0.3 is 0 Å². The Balaban J connectivity index is 1.71. The van der Waals surface area contributed by atoms with Crippen LogP contribution in [-0.2, 0) is 6.54 Å². The molecule has 1 aliphatic heterocycles. The summed E-state index contributed by atoms with van der Waals surface area (Å²) in [6.45, 7) is 10.2. The largest absolute Gasteiger partial charge is 0.298 e. The fourth-order valence-corrected chi connectivity index (χ4v) is 3.66. The Labute approximate surface area is 128 Å².